The molecule has 0 heterocycles. The molecule has 0 nitrogen and oxygen atoms in total. The summed E-state index contributed by atoms with van der Waals surface area (Å²) in [6.07, 6.45) is 0.629. The van der Waals surface area contributed by atoms with E-state index in [-0.39, 0.29) is 5.41 Å². The highest BCUT2D eigenvalue weighted by Crippen LogP contribution is 2.33. The average molecular weight is 418 g/mol. The van der Waals surface area contributed by atoms with Gasteiger partial charge in [0, 0.05) is 16.1 Å². The van der Waals surface area contributed by atoms with Gasteiger partial charge in [0.1, 0.15) is 0 Å². The van der Waals surface area contributed by atoms with Crippen molar-refractivity contribution in [2.24, 2.45) is 0 Å². The molecule has 112 valence electrons. The molecule has 0 saturated carbocycles. The van der Waals surface area contributed by atoms with E-state index in [2.05, 4.69) is 56.1 Å². The molecule has 0 bridgehead atoms. The Kier molecular flexibility index (Phi) is 5.55. The van der Waals surface area contributed by atoms with E-state index in [1.807, 2.05) is 6.92 Å². The van der Waals surface area contributed by atoms with E-state index >= 15 is 0 Å². The summed E-state index contributed by atoms with van der Waals surface area (Å²) in [7, 11) is 0. The molecular formula is C17H16Br2F2. The Balaban J connectivity index is 2.37. The van der Waals surface area contributed by atoms with E-state index in [0.717, 1.165) is 16.2 Å². The van der Waals surface area contributed by atoms with Gasteiger partial charge in [-0.05, 0) is 36.6 Å². The smallest absolute Gasteiger partial charge is 0.159 e. The average Bonchev–Trinajstić information content (AvgIpc) is 2.49. The maximum Gasteiger partial charge on any atom is 0.159 e. The zero-order chi connectivity index (χ0) is 15.5. The van der Waals surface area contributed by atoms with Crippen molar-refractivity contribution in [1.82, 2.24) is 0 Å². The molecule has 0 aliphatic heterocycles. The van der Waals surface area contributed by atoms with E-state index in [9.17, 15) is 8.78 Å². The molecule has 0 fully saturated rings. The molecule has 0 saturated heterocycles. The predicted octanol–water partition coefficient (Wildman–Crippen LogP) is 5.54. The van der Waals surface area contributed by atoms with Gasteiger partial charge < -0.3 is 0 Å². The molecule has 0 radical (unpaired) electrons. The summed E-state index contributed by atoms with van der Waals surface area (Å²) in [4.78, 5) is 0. The van der Waals surface area contributed by atoms with Crippen LogP contribution in [-0.2, 0) is 11.8 Å². The predicted molar refractivity (Wildman–Crippen MR) is 90.5 cm³/mol. The molecule has 0 unspecified atom stereocenters. The van der Waals surface area contributed by atoms with Crippen molar-refractivity contribution >= 4 is 31.9 Å². The first-order valence-electron chi connectivity index (χ1n) is 6.64. The van der Waals surface area contributed by atoms with Gasteiger partial charge in [0.05, 0.1) is 0 Å². The highest BCUT2D eigenvalue weighted by molar-refractivity contribution is 9.09. The lowest BCUT2D eigenvalue weighted by molar-refractivity contribution is 0.501. The fourth-order valence-electron chi connectivity index (χ4n) is 2.33. The Morgan fingerprint density at radius 1 is 0.905 bits per heavy atom. The van der Waals surface area contributed by atoms with Crippen LogP contribution in [0.2, 0.25) is 0 Å². The lowest BCUT2D eigenvalue weighted by Gasteiger charge is -2.31. The molecule has 0 N–H and O–H groups in total. The molecule has 0 aromatic heterocycles. The van der Waals surface area contributed by atoms with Crippen molar-refractivity contribution in [2.75, 3.05) is 10.7 Å². The second-order valence-electron chi connectivity index (χ2n) is 5.34. The minimum atomic E-state index is -0.808. The number of alkyl halides is 2. The summed E-state index contributed by atoms with van der Waals surface area (Å²) < 4.78 is 26.5. The Hall–Kier alpha value is -0.740. The molecule has 2 aromatic carbocycles. The largest absolute Gasteiger partial charge is 0.204 e. The number of aryl methyl sites for hydroxylation is 1. The van der Waals surface area contributed by atoms with E-state index in [0.29, 0.717) is 6.42 Å². The SMILES string of the molecule is Cc1ccc(C(CBr)(CBr)Cc2ccc(F)c(F)c2)cc1. The van der Waals surface area contributed by atoms with Crippen LogP contribution in [0, 0.1) is 18.6 Å². The van der Waals surface area contributed by atoms with Crippen molar-refractivity contribution in [3.63, 3.8) is 0 Å². The fourth-order valence-corrected chi connectivity index (χ4v) is 4.31. The van der Waals surface area contributed by atoms with E-state index in [1.54, 1.807) is 6.07 Å². The zero-order valence-electron chi connectivity index (χ0n) is 11.7. The maximum absolute atomic E-state index is 13.4. The number of halogens is 4. The molecular weight excluding hydrogens is 402 g/mol. The molecule has 21 heavy (non-hydrogen) atoms. The molecule has 2 rings (SSSR count). The number of benzene rings is 2. The highest BCUT2D eigenvalue weighted by Gasteiger charge is 2.30. The summed E-state index contributed by atoms with van der Waals surface area (Å²) in [6, 6.07) is 12.4. The first-order valence-corrected chi connectivity index (χ1v) is 8.88. The topological polar surface area (TPSA) is 0 Å². The van der Waals surface area contributed by atoms with Crippen LogP contribution in [0.3, 0.4) is 0 Å². The van der Waals surface area contributed by atoms with E-state index in [1.165, 1.54) is 23.3 Å². The molecule has 0 aliphatic carbocycles. The third-order valence-electron chi connectivity index (χ3n) is 3.70. The molecule has 0 atom stereocenters. The minimum absolute atomic E-state index is 0.196. The quantitative estimate of drug-likeness (QED) is 0.560. The molecule has 2 aromatic rings. The Bertz CT molecular complexity index is 605. The first-order chi connectivity index (χ1) is 10.0. The Labute approximate surface area is 140 Å². The maximum atomic E-state index is 13.4. The standard InChI is InChI=1S/C17H16Br2F2/c1-12-2-5-14(6-3-12)17(10-18,11-19)9-13-4-7-15(20)16(21)8-13/h2-8H,9-11H2,1H3. The van der Waals surface area contributed by atoms with Gasteiger partial charge >= 0.3 is 0 Å². The van der Waals surface area contributed by atoms with E-state index in [4.69, 9.17) is 0 Å². The second-order valence-corrected chi connectivity index (χ2v) is 6.46. The fraction of sp³-hybridized carbons (Fsp3) is 0.294. The summed E-state index contributed by atoms with van der Waals surface area (Å²) in [5, 5.41) is 1.46. The van der Waals surface area contributed by atoms with Gasteiger partial charge in [-0.2, -0.15) is 0 Å². The Morgan fingerprint density at radius 3 is 2.05 bits per heavy atom. The van der Waals surface area contributed by atoms with Crippen LogP contribution in [0.4, 0.5) is 8.78 Å². The van der Waals surface area contributed by atoms with Gasteiger partial charge in [-0.3, -0.25) is 0 Å². The van der Waals surface area contributed by atoms with Crippen LogP contribution in [0.15, 0.2) is 42.5 Å². The zero-order valence-corrected chi connectivity index (χ0v) is 14.8. The number of hydrogen-bond acceptors (Lipinski definition) is 0. The second kappa shape index (κ2) is 7.01. The van der Waals surface area contributed by atoms with Crippen LogP contribution in [-0.4, -0.2) is 10.7 Å². The van der Waals surface area contributed by atoms with Gasteiger partial charge in [0.2, 0.25) is 0 Å². The third kappa shape index (κ3) is 3.72. The summed E-state index contributed by atoms with van der Waals surface area (Å²) >= 11 is 7.16. The van der Waals surface area contributed by atoms with Crippen LogP contribution in [0.1, 0.15) is 16.7 Å². The lowest BCUT2D eigenvalue weighted by atomic mass is 9.79. The Morgan fingerprint density at radius 2 is 1.52 bits per heavy atom. The van der Waals surface area contributed by atoms with Crippen molar-refractivity contribution in [2.45, 2.75) is 18.8 Å². The highest BCUT2D eigenvalue weighted by atomic mass is 79.9. The van der Waals surface area contributed by atoms with Crippen LogP contribution >= 0.6 is 31.9 Å². The van der Waals surface area contributed by atoms with Gasteiger partial charge in [-0.15, -0.1) is 0 Å². The summed E-state index contributed by atoms with van der Waals surface area (Å²) in [6.45, 7) is 2.04. The van der Waals surface area contributed by atoms with E-state index < -0.39 is 11.6 Å². The van der Waals surface area contributed by atoms with Crippen LogP contribution in [0.25, 0.3) is 0 Å². The van der Waals surface area contributed by atoms with Gasteiger partial charge in [-0.1, -0.05) is 67.8 Å². The summed E-state index contributed by atoms with van der Waals surface area (Å²) in [5.74, 6) is -1.60. The number of hydrogen-bond donors (Lipinski definition) is 0. The third-order valence-corrected chi connectivity index (χ3v) is 5.85. The van der Waals surface area contributed by atoms with Crippen molar-refractivity contribution < 1.29 is 8.78 Å². The minimum Gasteiger partial charge on any atom is -0.204 e. The number of rotatable bonds is 5. The van der Waals surface area contributed by atoms with Crippen molar-refractivity contribution in [1.29, 1.82) is 0 Å². The normalized spacial score (nSPS) is 11.7. The molecule has 0 spiro atoms. The van der Waals surface area contributed by atoms with Gasteiger partial charge in [0.15, 0.2) is 11.6 Å². The van der Waals surface area contributed by atoms with Gasteiger partial charge in [0.25, 0.3) is 0 Å². The summed E-state index contributed by atoms with van der Waals surface area (Å²) in [5.41, 5.74) is 2.96. The molecule has 4 heteroatoms. The van der Waals surface area contributed by atoms with Crippen molar-refractivity contribution in [3.05, 3.63) is 70.8 Å². The van der Waals surface area contributed by atoms with Crippen LogP contribution < -0.4 is 0 Å². The molecule has 0 amide bonds. The van der Waals surface area contributed by atoms with Crippen LogP contribution in [0.5, 0.6) is 0 Å². The monoisotopic (exact) mass is 416 g/mol. The first kappa shape index (κ1) is 16.6. The lowest BCUT2D eigenvalue weighted by Crippen LogP contribution is -2.33. The molecule has 0 aliphatic rings. The van der Waals surface area contributed by atoms with Crippen molar-refractivity contribution in [3.8, 4) is 0 Å². The van der Waals surface area contributed by atoms with Gasteiger partial charge in [-0.25, -0.2) is 8.78 Å².